The van der Waals surface area contributed by atoms with E-state index in [4.69, 9.17) is 5.73 Å². The molecule has 0 saturated carbocycles. The second-order valence-corrected chi connectivity index (χ2v) is 7.05. The summed E-state index contributed by atoms with van der Waals surface area (Å²) < 4.78 is 13.0. The fourth-order valence-corrected chi connectivity index (χ4v) is 3.31. The summed E-state index contributed by atoms with van der Waals surface area (Å²) >= 11 is 0. The van der Waals surface area contributed by atoms with Crippen LogP contribution in [0.1, 0.15) is 46.3 Å². The van der Waals surface area contributed by atoms with Gasteiger partial charge in [0, 0.05) is 38.1 Å². The van der Waals surface area contributed by atoms with E-state index in [-0.39, 0.29) is 48.1 Å². The number of carbonyl (C=O) groups is 2. The number of aromatic nitrogens is 2. The lowest BCUT2D eigenvalue weighted by atomic mass is 9.91. The van der Waals surface area contributed by atoms with Crippen molar-refractivity contribution in [1.29, 1.82) is 0 Å². The Bertz CT molecular complexity index is 839. The van der Waals surface area contributed by atoms with Crippen molar-refractivity contribution in [3.05, 3.63) is 59.4 Å². The van der Waals surface area contributed by atoms with Gasteiger partial charge >= 0.3 is 0 Å². The predicted molar refractivity (Wildman–Crippen MR) is 109 cm³/mol. The van der Waals surface area contributed by atoms with Crippen LogP contribution in [-0.4, -0.2) is 45.8 Å². The van der Waals surface area contributed by atoms with Crippen LogP contribution in [0.5, 0.6) is 0 Å². The van der Waals surface area contributed by atoms with Crippen LogP contribution < -0.4 is 11.1 Å². The van der Waals surface area contributed by atoms with Gasteiger partial charge in [0.05, 0.1) is 0 Å². The molecule has 3 N–H and O–H groups in total. The third kappa shape index (κ3) is 5.71. The third-order valence-corrected chi connectivity index (χ3v) is 5.05. The Hall–Kier alpha value is -2.58. The van der Waals surface area contributed by atoms with Crippen molar-refractivity contribution in [2.24, 2.45) is 11.7 Å². The highest BCUT2D eigenvalue weighted by Gasteiger charge is 2.29. The average Bonchev–Trinajstić information content (AvgIpc) is 2.72. The molecule has 1 saturated heterocycles. The first-order valence-electron chi connectivity index (χ1n) is 9.34. The van der Waals surface area contributed by atoms with E-state index >= 15 is 0 Å². The zero-order valence-electron chi connectivity index (χ0n) is 16.2. The third-order valence-electron chi connectivity index (χ3n) is 5.05. The molecule has 0 aliphatic carbocycles. The van der Waals surface area contributed by atoms with E-state index in [1.54, 1.807) is 17.0 Å². The maximum atomic E-state index is 13.0. The monoisotopic (exact) mass is 421 g/mol. The number of benzene rings is 1. The summed E-state index contributed by atoms with van der Waals surface area (Å²) in [5.41, 5.74) is 6.72. The molecule has 0 radical (unpaired) electrons. The number of hydrogen-bond acceptors (Lipinski definition) is 5. The summed E-state index contributed by atoms with van der Waals surface area (Å²) in [7, 11) is 0. The van der Waals surface area contributed by atoms with Gasteiger partial charge < -0.3 is 16.0 Å². The minimum absolute atomic E-state index is 0. The quantitative estimate of drug-likeness (QED) is 0.770. The van der Waals surface area contributed by atoms with Gasteiger partial charge in [-0.2, -0.15) is 0 Å². The number of nitrogens with zero attached hydrogens (tertiary/aromatic N) is 3. The minimum Gasteiger partial charge on any atom is -0.347 e. The van der Waals surface area contributed by atoms with Crippen molar-refractivity contribution in [3.8, 4) is 0 Å². The van der Waals surface area contributed by atoms with E-state index in [1.165, 1.54) is 24.5 Å². The highest BCUT2D eigenvalue weighted by Crippen LogP contribution is 2.21. The largest absolute Gasteiger partial charge is 0.347 e. The number of amides is 2. The molecule has 0 bridgehead atoms. The van der Waals surface area contributed by atoms with Gasteiger partial charge in [0.15, 0.2) is 11.4 Å². The fourth-order valence-electron chi connectivity index (χ4n) is 3.31. The summed E-state index contributed by atoms with van der Waals surface area (Å²) in [5.74, 6) is -0.747. The number of nitrogens with two attached hydrogens (primary N) is 1. The first-order chi connectivity index (χ1) is 13.5. The van der Waals surface area contributed by atoms with E-state index in [0.29, 0.717) is 19.0 Å². The van der Waals surface area contributed by atoms with Gasteiger partial charge in [-0.25, -0.2) is 14.4 Å². The zero-order valence-corrected chi connectivity index (χ0v) is 17.0. The summed E-state index contributed by atoms with van der Waals surface area (Å²) in [4.78, 5) is 35.3. The first kappa shape index (κ1) is 22.7. The maximum Gasteiger partial charge on any atom is 0.274 e. The van der Waals surface area contributed by atoms with E-state index < -0.39 is 5.91 Å². The molecule has 156 valence electrons. The summed E-state index contributed by atoms with van der Waals surface area (Å²) in [6.07, 6.45) is 4.44. The zero-order chi connectivity index (χ0) is 20.1. The van der Waals surface area contributed by atoms with Crippen molar-refractivity contribution in [2.75, 3.05) is 13.1 Å². The van der Waals surface area contributed by atoms with Gasteiger partial charge in [0.25, 0.3) is 11.8 Å². The molecule has 7 nitrogen and oxygen atoms in total. The number of rotatable bonds is 5. The molecule has 0 spiro atoms. The second-order valence-electron chi connectivity index (χ2n) is 7.05. The molecule has 1 atom stereocenters. The first-order valence-corrected chi connectivity index (χ1v) is 9.34. The van der Waals surface area contributed by atoms with Crippen LogP contribution in [0.4, 0.5) is 4.39 Å². The summed E-state index contributed by atoms with van der Waals surface area (Å²) in [6, 6.07) is 5.92. The van der Waals surface area contributed by atoms with Crippen LogP contribution >= 0.6 is 12.4 Å². The highest BCUT2D eigenvalue weighted by molar-refractivity contribution is 6.04. The molecule has 1 aliphatic heterocycles. The molecule has 2 heterocycles. The molecular formula is C20H25ClFN5O2. The van der Waals surface area contributed by atoms with Crippen LogP contribution in [0.3, 0.4) is 0 Å². The summed E-state index contributed by atoms with van der Waals surface area (Å²) in [5, 5.41) is 2.70. The number of carbonyl (C=O) groups excluding carboxylic acids is 2. The van der Waals surface area contributed by atoms with E-state index in [9.17, 15) is 14.0 Å². The molecule has 29 heavy (non-hydrogen) atoms. The Morgan fingerprint density at radius 2 is 1.76 bits per heavy atom. The van der Waals surface area contributed by atoms with Gasteiger partial charge in [-0.15, -0.1) is 12.4 Å². The topological polar surface area (TPSA) is 101 Å². The van der Waals surface area contributed by atoms with Crippen molar-refractivity contribution < 1.29 is 14.0 Å². The summed E-state index contributed by atoms with van der Waals surface area (Å²) in [6.45, 7) is 3.34. The molecule has 2 amide bonds. The normalized spacial score (nSPS) is 15.3. The SMILES string of the molecule is CC(N)C1CCN(C(=O)c2nccnc2C(=O)NCc2ccc(F)cc2)CC1.Cl. The van der Waals surface area contributed by atoms with Gasteiger partial charge in [-0.1, -0.05) is 12.1 Å². The fraction of sp³-hybridized carbons (Fsp3) is 0.400. The van der Waals surface area contributed by atoms with Gasteiger partial charge in [0.2, 0.25) is 0 Å². The van der Waals surface area contributed by atoms with Crippen LogP contribution in [-0.2, 0) is 6.54 Å². The van der Waals surface area contributed by atoms with Crippen LogP contribution in [0.25, 0.3) is 0 Å². The number of halogens is 2. The van der Waals surface area contributed by atoms with Gasteiger partial charge in [0.1, 0.15) is 5.82 Å². The molecule has 1 aromatic heterocycles. The molecule has 1 fully saturated rings. The molecule has 1 unspecified atom stereocenters. The lowest BCUT2D eigenvalue weighted by Crippen LogP contribution is -2.43. The Morgan fingerprint density at radius 1 is 1.17 bits per heavy atom. The Kier molecular flexibility index (Phi) is 8.04. The second kappa shape index (κ2) is 10.3. The number of nitrogens with one attached hydrogen (secondary N) is 1. The van der Waals surface area contributed by atoms with Crippen LogP contribution in [0, 0.1) is 11.7 Å². The number of piperidine rings is 1. The van der Waals surface area contributed by atoms with E-state index in [0.717, 1.165) is 18.4 Å². The number of likely N-dealkylation sites (tertiary alicyclic amines) is 1. The molecule has 9 heteroatoms. The van der Waals surface area contributed by atoms with Gasteiger partial charge in [-0.05, 0) is 43.4 Å². The Morgan fingerprint density at radius 3 is 2.34 bits per heavy atom. The van der Waals surface area contributed by atoms with Crippen LogP contribution in [0.2, 0.25) is 0 Å². The predicted octanol–water partition coefficient (Wildman–Crippen LogP) is 2.17. The lowest BCUT2D eigenvalue weighted by Gasteiger charge is -2.33. The highest BCUT2D eigenvalue weighted by atomic mass is 35.5. The van der Waals surface area contributed by atoms with Gasteiger partial charge in [-0.3, -0.25) is 9.59 Å². The average molecular weight is 422 g/mol. The lowest BCUT2D eigenvalue weighted by molar-refractivity contribution is 0.0669. The van der Waals surface area contributed by atoms with Crippen molar-refractivity contribution in [3.63, 3.8) is 0 Å². The maximum absolute atomic E-state index is 13.0. The van der Waals surface area contributed by atoms with Crippen LogP contribution in [0.15, 0.2) is 36.7 Å². The van der Waals surface area contributed by atoms with Crippen molar-refractivity contribution in [1.82, 2.24) is 20.2 Å². The van der Waals surface area contributed by atoms with Crippen molar-refractivity contribution in [2.45, 2.75) is 32.4 Å². The molecular weight excluding hydrogens is 397 g/mol. The van der Waals surface area contributed by atoms with E-state index in [2.05, 4.69) is 15.3 Å². The van der Waals surface area contributed by atoms with Crippen molar-refractivity contribution >= 4 is 24.2 Å². The molecule has 2 aromatic rings. The smallest absolute Gasteiger partial charge is 0.274 e. The minimum atomic E-state index is -0.494. The Labute approximate surface area is 175 Å². The molecule has 1 aliphatic rings. The Balaban J connectivity index is 0.00000300. The molecule has 3 rings (SSSR count). The molecule has 1 aromatic carbocycles. The van der Waals surface area contributed by atoms with E-state index in [1.807, 2.05) is 6.92 Å². The standard InChI is InChI=1S/C20H24FN5O2.ClH/c1-13(22)15-6-10-26(11-7-15)20(28)18-17(23-8-9-24-18)19(27)25-12-14-2-4-16(21)5-3-14;/h2-5,8-9,13,15H,6-7,10-12,22H2,1H3,(H,25,27);1H. The number of hydrogen-bond donors (Lipinski definition) is 2.